The lowest BCUT2D eigenvalue weighted by atomic mass is 10.3. The van der Waals surface area contributed by atoms with Crippen LogP contribution in [0, 0.1) is 12.7 Å². The summed E-state index contributed by atoms with van der Waals surface area (Å²) in [5.41, 5.74) is 5.88. The average molecular weight is 192 g/mol. The normalized spacial score (nSPS) is 10.4. The van der Waals surface area contributed by atoms with Crippen LogP contribution in [-0.2, 0) is 0 Å². The van der Waals surface area contributed by atoms with Crippen LogP contribution in [0.15, 0.2) is 24.3 Å². The fourth-order valence-electron chi connectivity index (χ4n) is 1.23. The summed E-state index contributed by atoms with van der Waals surface area (Å²) in [5, 5.41) is 3.98. The van der Waals surface area contributed by atoms with Crippen LogP contribution in [0.25, 0.3) is 5.69 Å². The van der Waals surface area contributed by atoms with Crippen molar-refractivity contribution in [2.24, 2.45) is 0 Å². The highest BCUT2D eigenvalue weighted by atomic mass is 19.1. The maximum atomic E-state index is 13.3. The number of halogens is 1. The van der Waals surface area contributed by atoms with E-state index in [9.17, 15) is 4.39 Å². The van der Waals surface area contributed by atoms with E-state index in [2.05, 4.69) is 10.1 Å². The average Bonchev–Trinajstić information content (AvgIpc) is 2.46. The van der Waals surface area contributed by atoms with Gasteiger partial charge in [-0.2, -0.15) is 9.67 Å². The largest absolute Gasteiger partial charge is 0.368 e. The summed E-state index contributed by atoms with van der Waals surface area (Å²) in [6, 6.07) is 6.28. The molecular formula is C9H9FN4. The second kappa shape index (κ2) is 3.10. The molecule has 0 aliphatic heterocycles. The van der Waals surface area contributed by atoms with E-state index < -0.39 is 0 Å². The molecule has 72 valence electrons. The molecule has 0 unspecified atom stereocenters. The zero-order chi connectivity index (χ0) is 10.1. The van der Waals surface area contributed by atoms with Gasteiger partial charge in [0.25, 0.3) is 0 Å². The predicted octanol–water partition coefficient (Wildman–Crippen LogP) is 1.30. The van der Waals surface area contributed by atoms with E-state index in [0.717, 1.165) is 0 Å². The highest BCUT2D eigenvalue weighted by molar-refractivity contribution is 5.38. The van der Waals surface area contributed by atoms with Gasteiger partial charge >= 0.3 is 0 Å². The first-order valence-corrected chi connectivity index (χ1v) is 4.12. The number of rotatable bonds is 1. The Kier molecular flexibility index (Phi) is 1.92. The van der Waals surface area contributed by atoms with Gasteiger partial charge in [-0.25, -0.2) is 4.39 Å². The van der Waals surface area contributed by atoms with Crippen molar-refractivity contribution >= 4 is 5.95 Å². The molecule has 1 aromatic heterocycles. The van der Waals surface area contributed by atoms with Crippen LogP contribution in [0.3, 0.4) is 0 Å². The molecule has 0 amide bonds. The van der Waals surface area contributed by atoms with E-state index in [4.69, 9.17) is 5.73 Å². The first-order chi connectivity index (χ1) is 6.68. The first kappa shape index (κ1) is 8.68. The zero-order valence-corrected chi connectivity index (χ0v) is 7.61. The number of hydrogen-bond acceptors (Lipinski definition) is 3. The fraction of sp³-hybridized carbons (Fsp3) is 0.111. The van der Waals surface area contributed by atoms with Gasteiger partial charge < -0.3 is 5.73 Å². The zero-order valence-electron chi connectivity index (χ0n) is 7.61. The van der Waals surface area contributed by atoms with Crippen LogP contribution >= 0.6 is 0 Å². The Morgan fingerprint density at radius 3 is 2.64 bits per heavy atom. The molecule has 0 saturated carbocycles. The topological polar surface area (TPSA) is 56.7 Å². The fourth-order valence-corrected chi connectivity index (χ4v) is 1.23. The molecule has 2 N–H and O–H groups in total. The number of anilines is 1. The van der Waals surface area contributed by atoms with Crippen LogP contribution in [-0.4, -0.2) is 14.8 Å². The van der Waals surface area contributed by atoms with E-state index in [1.54, 1.807) is 25.1 Å². The van der Waals surface area contributed by atoms with Gasteiger partial charge in [-0.3, -0.25) is 0 Å². The predicted molar refractivity (Wildman–Crippen MR) is 50.5 cm³/mol. The van der Waals surface area contributed by atoms with Crippen molar-refractivity contribution in [3.05, 3.63) is 35.9 Å². The lowest BCUT2D eigenvalue weighted by molar-refractivity contribution is 0.611. The first-order valence-electron chi connectivity index (χ1n) is 4.12. The summed E-state index contributed by atoms with van der Waals surface area (Å²) in [4.78, 5) is 3.89. The van der Waals surface area contributed by atoms with Crippen molar-refractivity contribution in [2.75, 3.05) is 5.73 Å². The Labute approximate surface area is 80.2 Å². The molecule has 0 atom stereocenters. The van der Waals surface area contributed by atoms with Crippen LogP contribution in [0.2, 0.25) is 0 Å². The Bertz CT molecular complexity index is 464. The Morgan fingerprint density at radius 2 is 2.07 bits per heavy atom. The van der Waals surface area contributed by atoms with Crippen molar-refractivity contribution in [3.8, 4) is 5.69 Å². The SMILES string of the molecule is Cc1nc(N)n(-c2ccccc2F)n1. The number of nitrogens with two attached hydrogens (primary N) is 1. The smallest absolute Gasteiger partial charge is 0.223 e. The summed E-state index contributed by atoms with van der Waals surface area (Å²) < 4.78 is 14.6. The summed E-state index contributed by atoms with van der Waals surface area (Å²) in [7, 11) is 0. The Balaban J connectivity index is 2.60. The number of nitrogen functional groups attached to an aromatic ring is 1. The van der Waals surface area contributed by atoms with Crippen molar-refractivity contribution in [2.45, 2.75) is 6.92 Å². The lowest BCUT2D eigenvalue weighted by Crippen LogP contribution is -2.04. The second-order valence-corrected chi connectivity index (χ2v) is 2.88. The van der Waals surface area contributed by atoms with Crippen molar-refractivity contribution in [1.82, 2.24) is 14.8 Å². The number of benzene rings is 1. The van der Waals surface area contributed by atoms with E-state index in [-0.39, 0.29) is 11.8 Å². The minimum absolute atomic E-state index is 0.188. The van der Waals surface area contributed by atoms with Crippen LogP contribution in [0.5, 0.6) is 0 Å². The van der Waals surface area contributed by atoms with Crippen molar-refractivity contribution in [1.29, 1.82) is 0 Å². The molecule has 0 spiro atoms. The molecule has 1 heterocycles. The summed E-state index contributed by atoms with van der Waals surface area (Å²) >= 11 is 0. The molecular weight excluding hydrogens is 183 g/mol. The molecule has 4 nitrogen and oxygen atoms in total. The molecule has 0 aliphatic carbocycles. The number of hydrogen-bond donors (Lipinski definition) is 1. The van der Waals surface area contributed by atoms with Crippen molar-refractivity contribution in [3.63, 3.8) is 0 Å². The van der Waals surface area contributed by atoms with E-state index in [0.29, 0.717) is 11.5 Å². The summed E-state index contributed by atoms with van der Waals surface area (Å²) in [6.45, 7) is 1.70. The number of para-hydroxylation sites is 1. The quantitative estimate of drug-likeness (QED) is 0.740. The number of aryl methyl sites for hydroxylation is 1. The molecule has 0 fully saturated rings. The molecule has 2 rings (SSSR count). The van der Waals surface area contributed by atoms with Crippen LogP contribution < -0.4 is 5.73 Å². The standard InChI is InChI=1S/C9H9FN4/c1-6-12-9(11)14(13-6)8-5-3-2-4-7(8)10/h2-5H,1H3,(H2,11,12,13). The second-order valence-electron chi connectivity index (χ2n) is 2.88. The third-order valence-corrected chi connectivity index (χ3v) is 1.82. The highest BCUT2D eigenvalue weighted by Gasteiger charge is 2.09. The lowest BCUT2D eigenvalue weighted by Gasteiger charge is -2.02. The maximum absolute atomic E-state index is 13.3. The van der Waals surface area contributed by atoms with Gasteiger partial charge in [0.15, 0.2) is 0 Å². The molecule has 14 heavy (non-hydrogen) atoms. The highest BCUT2D eigenvalue weighted by Crippen LogP contribution is 2.14. The van der Waals surface area contributed by atoms with Gasteiger partial charge in [-0.05, 0) is 19.1 Å². The van der Waals surface area contributed by atoms with Gasteiger partial charge in [-0.1, -0.05) is 12.1 Å². The monoisotopic (exact) mass is 192 g/mol. The van der Waals surface area contributed by atoms with Gasteiger partial charge in [-0.15, -0.1) is 5.10 Å². The molecule has 0 radical (unpaired) electrons. The van der Waals surface area contributed by atoms with Gasteiger partial charge in [0.1, 0.15) is 17.3 Å². The molecule has 1 aromatic carbocycles. The molecule has 0 saturated heterocycles. The molecule has 0 aliphatic rings. The molecule has 5 heteroatoms. The van der Waals surface area contributed by atoms with Gasteiger partial charge in [0.05, 0.1) is 0 Å². The third-order valence-electron chi connectivity index (χ3n) is 1.82. The van der Waals surface area contributed by atoms with Crippen LogP contribution in [0.4, 0.5) is 10.3 Å². The summed E-state index contributed by atoms with van der Waals surface area (Å²) in [5.74, 6) is 0.336. The Morgan fingerprint density at radius 1 is 1.36 bits per heavy atom. The summed E-state index contributed by atoms with van der Waals surface area (Å²) in [6.07, 6.45) is 0. The van der Waals surface area contributed by atoms with Crippen molar-refractivity contribution < 1.29 is 4.39 Å². The minimum atomic E-state index is -0.371. The number of nitrogens with zero attached hydrogens (tertiary/aromatic N) is 3. The van der Waals surface area contributed by atoms with E-state index in [1.807, 2.05) is 0 Å². The van der Waals surface area contributed by atoms with E-state index >= 15 is 0 Å². The molecule has 2 aromatic rings. The Hall–Kier alpha value is -1.91. The van der Waals surface area contributed by atoms with Crippen LogP contribution in [0.1, 0.15) is 5.82 Å². The third kappa shape index (κ3) is 1.32. The van der Waals surface area contributed by atoms with E-state index in [1.165, 1.54) is 10.7 Å². The minimum Gasteiger partial charge on any atom is -0.368 e. The number of aromatic nitrogens is 3. The maximum Gasteiger partial charge on any atom is 0.223 e. The molecule has 0 bridgehead atoms. The van der Waals surface area contributed by atoms with Gasteiger partial charge in [0.2, 0.25) is 5.95 Å². The van der Waals surface area contributed by atoms with Gasteiger partial charge in [0, 0.05) is 0 Å².